The van der Waals surface area contributed by atoms with Gasteiger partial charge in [-0.2, -0.15) is 0 Å². The van der Waals surface area contributed by atoms with E-state index in [1.54, 1.807) is 24.3 Å². The zero-order valence-electron chi connectivity index (χ0n) is 10.2. The highest BCUT2D eigenvalue weighted by molar-refractivity contribution is 6.30. The van der Waals surface area contributed by atoms with Gasteiger partial charge in [-0.15, -0.1) is 0 Å². The Morgan fingerprint density at radius 2 is 2.15 bits per heavy atom. The first kappa shape index (κ1) is 14.0. The number of H-pyrrole nitrogens is 1. The average molecular weight is 295 g/mol. The number of nitrogens with zero attached hydrogens (tertiary/aromatic N) is 1. The summed E-state index contributed by atoms with van der Waals surface area (Å²) in [6.07, 6.45) is 1.25. The molecule has 0 atom stereocenters. The number of nitrogens with one attached hydrogen (secondary N) is 2. The Hall–Kier alpha value is -2.38. The lowest BCUT2D eigenvalue weighted by atomic mass is 10.1. The van der Waals surface area contributed by atoms with Crippen molar-refractivity contribution in [3.63, 3.8) is 0 Å². The molecule has 0 radical (unpaired) electrons. The molecule has 8 heteroatoms. The van der Waals surface area contributed by atoms with E-state index in [-0.39, 0.29) is 11.6 Å². The number of nitrogen functional groups attached to an aromatic ring is 1. The van der Waals surface area contributed by atoms with Gasteiger partial charge in [0.15, 0.2) is 0 Å². The zero-order valence-corrected chi connectivity index (χ0v) is 11.0. The normalized spacial score (nSPS) is 10.3. The van der Waals surface area contributed by atoms with Crippen LogP contribution in [-0.4, -0.2) is 15.5 Å². The van der Waals surface area contributed by atoms with Crippen molar-refractivity contribution in [1.29, 1.82) is 0 Å². The zero-order chi connectivity index (χ0) is 14.7. The molecular weight excluding hydrogens is 284 g/mol. The van der Waals surface area contributed by atoms with Crippen LogP contribution >= 0.6 is 11.6 Å². The van der Waals surface area contributed by atoms with Crippen LogP contribution in [-0.2, 0) is 6.54 Å². The molecule has 1 amide bonds. The summed E-state index contributed by atoms with van der Waals surface area (Å²) in [5, 5.41) is -0.0829. The summed E-state index contributed by atoms with van der Waals surface area (Å²) in [6.45, 7) is 0.168. The molecule has 7 nitrogen and oxygen atoms in total. The first-order chi connectivity index (χ1) is 9.51. The van der Waals surface area contributed by atoms with Gasteiger partial charge in [-0.25, -0.2) is 10.6 Å². The maximum Gasteiger partial charge on any atom is 0.328 e. The third-order valence-electron chi connectivity index (χ3n) is 2.64. The average Bonchev–Trinajstić information content (AvgIpc) is 2.44. The smallest absolute Gasteiger partial charge is 0.295 e. The van der Waals surface area contributed by atoms with Crippen molar-refractivity contribution < 1.29 is 4.79 Å². The van der Waals surface area contributed by atoms with Crippen LogP contribution in [0.25, 0.3) is 0 Å². The van der Waals surface area contributed by atoms with E-state index in [1.165, 1.54) is 10.8 Å². The number of hydrogen-bond donors (Lipinski definition) is 3. The topological polar surface area (TPSA) is 110 Å². The van der Waals surface area contributed by atoms with Crippen molar-refractivity contribution in [3.05, 3.63) is 67.4 Å². The van der Waals surface area contributed by atoms with E-state index in [1.807, 2.05) is 5.43 Å². The molecule has 1 aromatic carbocycles. The van der Waals surface area contributed by atoms with E-state index >= 15 is 0 Å². The van der Waals surface area contributed by atoms with Gasteiger partial charge < -0.3 is 0 Å². The molecule has 20 heavy (non-hydrogen) atoms. The molecule has 0 aliphatic rings. The van der Waals surface area contributed by atoms with Crippen LogP contribution < -0.4 is 22.5 Å². The van der Waals surface area contributed by atoms with Crippen molar-refractivity contribution in [3.8, 4) is 0 Å². The fourth-order valence-corrected chi connectivity index (χ4v) is 1.86. The summed E-state index contributed by atoms with van der Waals surface area (Å²) >= 11 is 5.67. The summed E-state index contributed by atoms with van der Waals surface area (Å²) in [5.41, 5.74) is 1.87. The quantitative estimate of drug-likeness (QED) is 0.415. The Morgan fingerprint density at radius 1 is 1.40 bits per heavy atom. The number of hydrogen-bond acceptors (Lipinski definition) is 4. The van der Waals surface area contributed by atoms with Crippen LogP contribution in [0, 0.1) is 0 Å². The van der Waals surface area contributed by atoms with Crippen molar-refractivity contribution in [2.45, 2.75) is 6.54 Å². The van der Waals surface area contributed by atoms with Gasteiger partial charge in [0.25, 0.3) is 11.5 Å². The van der Waals surface area contributed by atoms with E-state index in [2.05, 4.69) is 4.98 Å². The molecule has 0 aliphatic heterocycles. The number of rotatable bonds is 3. The monoisotopic (exact) mass is 294 g/mol. The van der Waals surface area contributed by atoms with Crippen molar-refractivity contribution in [2.75, 3.05) is 0 Å². The van der Waals surface area contributed by atoms with Gasteiger partial charge >= 0.3 is 5.69 Å². The molecule has 0 aliphatic carbocycles. The van der Waals surface area contributed by atoms with Crippen molar-refractivity contribution in [2.24, 2.45) is 5.84 Å². The molecule has 0 spiro atoms. The van der Waals surface area contributed by atoms with E-state index in [0.29, 0.717) is 11.1 Å². The molecule has 0 saturated heterocycles. The summed E-state index contributed by atoms with van der Waals surface area (Å²) < 4.78 is 1.24. The number of nitrogens with two attached hydrogens (primary N) is 1. The summed E-state index contributed by atoms with van der Waals surface area (Å²) in [4.78, 5) is 36.3. The van der Waals surface area contributed by atoms with Gasteiger partial charge in [0.05, 0.1) is 6.54 Å². The standard InChI is InChI=1S/C12H11ClN4O3/c13-9-6-17(12(20)15-11(9)19)5-7-2-1-3-8(4-7)10(18)16-14/h1-4,6H,5,14H2,(H,16,18)(H,15,19,20). The summed E-state index contributed by atoms with van der Waals surface area (Å²) in [5.74, 6) is 4.62. The predicted molar refractivity (Wildman–Crippen MR) is 73.5 cm³/mol. The van der Waals surface area contributed by atoms with E-state index < -0.39 is 17.2 Å². The second kappa shape index (κ2) is 5.72. The van der Waals surface area contributed by atoms with Crippen molar-refractivity contribution >= 4 is 17.5 Å². The Bertz CT molecular complexity index is 766. The third kappa shape index (κ3) is 2.95. The fraction of sp³-hybridized carbons (Fsp3) is 0.0833. The van der Waals surface area contributed by atoms with E-state index in [0.717, 1.165) is 0 Å². The number of halogens is 1. The minimum absolute atomic E-state index is 0.0829. The van der Waals surface area contributed by atoms with Crippen LogP contribution in [0.1, 0.15) is 15.9 Å². The molecule has 4 N–H and O–H groups in total. The third-order valence-corrected chi connectivity index (χ3v) is 2.91. The number of aromatic amines is 1. The molecular formula is C12H11ClN4O3. The van der Waals surface area contributed by atoms with Crippen LogP contribution in [0.3, 0.4) is 0 Å². The SMILES string of the molecule is NNC(=O)c1cccc(Cn2cc(Cl)c(=O)[nH]c2=O)c1. The van der Waals surface area contributed by atoms with Gasteiger partial charge in [-0.1, -0.05) is 23.7 Å². The number of hydrazine groups is 1. The van der Waals surface area contributed by atoms with Gasteiger partial charge in [0, 0.05) is 11.8 Å². The first-order valence-corrected chi connectivity index (χ1v) is 5.98. The molecule has 0 saturated carbocycles. The highest BCUT2D eigenvalue weighted by Gasteiger charge is 2.06. The Morgan fingerprint density at radius 3 is 2.85 bits per heavy atom. The number of carbonyl (C=O) groups excluding carboxylic acids is 1. The lowest BCUT2D eigenvalue weighted by molar-refractivity contribution is 0.0953. The summed E-state index contributed by atoms with van der Waals surface area (Å²) in [7, 11) is 0. The second-order valence-electron chi connectivity index (χ2n) is 4.04. The van der Waals surface area contributed by atoms with Crippen LogP contribution in [0.5, 0.6) is 0 Å². The van der Waals surface area contributed by atoms with Crippen LogP contribution in [0.15, 0.2) is 40.1 Å². The van der Waals surface area contributed by atoms with Gasteiger partial charge in [0.1, 0.15) is 5.02 Å². The lowest BCUT2D eigenvalue weighted by Gasteiger charge is -2.07. The largest absolute Gasteiger partial charge is 0.328 e. The van der Waals surface area contributed by atoms with Gasteiger partial charge in [-0.05, 0) is 17.7 Å². The number of benzene rings is 1. The molecule has 1 aromatic heterocycles. The molecule has 2 aromatic rings. The van der Waals surface area contributed by atoms with Crippen molar-refractivity contribution in [1.82, 2.24) is 15.0 Å². The van der Waals surface area contributed by atoms with Gasteiger partial charge in [0.2, 0.25) is 0 Å². The van der Waals surface area contributed by atoms with Crippen LogP contribution in [0.4, 0.5) is 0 Å². The Kier molecular flexibility index (Phi) is 4.02. The second-order valence-corrected chi connectivity index (χ2v) is 4.45. The minimum Gasteiger partial charge on any atom is -0.295 e. The molecule has 0 bridgehead atoms. The first-order valence-electron chi connectivity index (χ1n) is 5.60. The minimum atomic E-state index is -0.635. The summed E-state index contributed by atoms with van der Waals surface area (Å²) in [6, 6.07) is 6.58. The lowest BCUT2D eigenvalue weighted by Crippen LogP contribution is -2.31. The molecule has 104 valence electrons. The molecule has 2 rings (SSSR count). The Balaban J connectivity index is 2.36. The maximum atomic E-state index is 11.6. The van der Waals surface area contributed by atoms with E-state index in [9.17, 15) is 14.4 Å². The Labute approximate surface area is 118 Å². The van der Waals surface area contributed by atoms with E-state index in [4.69, 9.17) is 17.4 Å². The molecule has 1 heterocycles. The molecule has 0 fully saturated rings. The predicted octanol–water partition coefficient (Wildman–Crippen LogP) is -0.158. The van der Waals surface area contributed by atoms with Gasteiger partial charge in [-0.3, -0.25) is 24.6 Å². The number of amides is 1. The number of aromatic nitrogens is 2. The maximum absolute atomic E-state index is 11.6. The highest BCUT2D eigenvalue weighted by atomic mass is 35.5. The fourth-order valence-electron chi connectivity index (χ4n) is 1.69. The van der Waals surface area contributed by atoms with Crippen LogP contribution in [0.2, 0.25) is 5.02 Å². The number of carbonyl (C=O) groups is 1. The molecule has 0 unspecified atom stereocenters. The highest BCUT2D eigenvalue weighted by Crippen LogP contribution is 2.07.